The van der Waals surface area contributed by atoms with E-state index in [1.807, 2.05) is 13.2 Å². The molecule has 0 spiro atoms. The van der Waals surface area contributed by atoms with E-state index in [-0.39, 0.29) is 11.8 Å². The predicted octanol–water partition coefficient (Wildman–Crippen LogP) is 1.12. The van der Waals surface area contributed by atoms with Gasteiger partial charge in [0.15, 0.2) is 0 Å². The number of thioether (sulfide) groups is 1. The van der Waals surface area contributed by atoms with Crippen LogP contribution in [0.2, 0.25) is 0 Å². The second kappa shape index (κ2) is 7.06. The fourth-order valence-corrected chi connectivity index (χ4v) is 1.83. The van der Waals surface area contributed by atoms with Crippen LogP contribution in [0, 0.1) is 5.92 Å². The minimum atomic E-state index is -0.295. The zero-order valence-corrected chi connectivity index (χ0v) is 10.6. The van der Waals surface area contributed by atoms with Gasteiger partial charge in [-0.05, 0) is 12.7 Å². The minimum Gasteiger partial charge on any atom is -0.393 e. The lowest BCUT2D eigenvalue weighted by atomic mass is 10.1. The van der Waals surface area contributed by atoms with Gasteiger partial charge >= 0.3 is 0 Å². The van der Waals surface area contributed by atoms with E-state index in [1.165, 1.54) is 0 Å². The second-order valence-corrected chi connectivity index (χ2v) is 4.57. The van der Waals surface area contributed by atoms with Crippen LogP contribution >= 0.6 is 24.0 Å². The molecule has 0 aliphatic carbocycles. The Balaban J connectivity index is 4.20. The number of carbonyl (C=O) groups excluding carboxylic acids is 1. The fraction of sp³-hybridized carbons (Fsp3) is 0.778. The molecule has 0 fully saturated rings. The van der Waals surface area contributed by atoms with Crippen molar-refractivity contribution in [3.8, 4) is 0 Å². The standard InChI is InChI=1S/C9H18N2OS2/c1-4-7(8(10)13)9(12)11(2)5-6-14-3/h7H,4-6H2,1-3H3,(H2,10,13). The van der Waals surface area contributed by atoms with Gasteiger partial charge in [-0.2, -0.15) is 11.8 Å². The van der Waals surface area contributed by atoms with Crippen molar-refractivity contribution in [3.63, 3.8) is 0 Å². The summed E-state index contributed by atoms with van der Waals surface area (Å²) in [6.45, 7) is 2.67. The molecular formula is C9H18N2OS2. The van der Waals surface area contributed by atoms with Crippen LogP contribution in [0.3, 0.4) is 0 Å². The van der Waals surface area contributed by atoms with Gasteiger partial charge in [-0.3, -0.25) is 4.79 Å². The smallest absolute Gasteiger partial charge is 0.232 e. The molecule has 82 valence electrons. The van der Waals surface area contributed by atoms with Crippen molar-refractivity contribution in [3.05, 3.63) is 0 Å². The van der Waals surface area contributed by atoms with E-state index in [9.17, 15) is 4.79 Å². The van der Waals surface area contributed by atoms with E-state index in [2.05, 4.69) is 0 Å². The van der Waals surface area contributed by atoms with Crippen LogP contribution in [0.25, 0.3) is 0 Å². The van der Waals surface area contributed by atoms with Crippen LogP contribution in [-0.2, 0) is 4.79 Å². The number of nitrogens with zero attached hydrogens (tertiary/aromatic N) is 1. The van der Waals surface area contributed by atoms with Crippen molar-refractivity contribution in [2.24, 2.45) is 11.7 Å². The molecule has 0 saturated carbocycles. The van der Waals surface area contributed by atoms with Crippen LogP contribution in [0.1, 0.15) is 13.3 Å². The van der Waals surface area contributed by atoms with Gasteiger partial charge in [0, 0.05) is 19.3 Å². The normalized spacial score (nSPS) is 12.2. The summed E-state index contributed by atoms with van der Waals surface area (Å²) in [5.74, 6) is 0.682. The maximum absolute atomic E-state index is 11.8. The first-order valence-corrected chi connectivity index (χ1v) is 6.38. The maximum Gasteiger partial charge on any atom is 0.232 e. The van der Waals surface area contributed by atoms with Crippen molar-refractivity contribution in [1.82, 2.24) is 4.90 Å². The Morgan fingerprint density at radius 1 is 1.64 bits per heavy atom. The van der Waals surface area contributed by atoms with Crippen molar-refractivity contribution in [2.45, 2.75) is 13.3 Å². The number of rotatable bonds is 6. The van der Waals surface area contributed by atoms with E-state index in [4.69, 9.17) is 18.0 Å². The molecule has 0 rings (SSSR count). The van der Waals surface area contributed by atoms with E-state index in [0.29, 0.717) is 11.4 Å². The topological polar surface area (TPSA) is 46.3 Å². The summed E-state index contributed by atoms with van der Waals surface area (Å²) in [4.78, 5) is 13.8. The van der Waals surface area contributed by atoms with Gasteiger partial charge in [-0.1, -0.05) is 19.1 Å². The molecule has 14 heavy (non-hydrogen) atoms. The Hall–Kier alpha value is -0.290. The van der Waals surface area contributed by atoms with E-state index >= 15 is 0 Å². The average Bonchev–Trinajstić information content (AvgIpc) is 2.14. The molecule has 0 aromatic carbocycles. The zero-order chi connectivity index (χ0) is 11.1. The SMILES string of the molecule is CCC(C(=O)N(C)CCSC)C(N)=S. The summed E-state index contributed by atoms with van der Waals surface area (Å²) in [7, 11) is 1.79. The van der Waals surface area contributed by atoms with Crippen LogP contribution < -0.4 is 5.73 Å². The quantitative estimate of drug-likeness (QED) is 0.700. The summed E-state index contributed by atoms with van der Waals surface area (Å²) in [6.07, 6.45) is 2.70. The van der Waals surface area contributed by atoms with Gasteiger partial charge in [-0.15, -0.1) is 0 Å². The Morgan fingerprint density at radius 2 is 2.21 bits per heavy atom. The highest BCUT2D eigenvalue weighted by molar-refractivity contribution is 7.98. The first kappa shape index (κ1) is 13.7. The lowest BCUT2D eigenvalue weighted by molar-refractivity contribution is -0.131. The van der Waals surface area contributed by atoms with E-state index < -0.39 is 0 Å². The molecule has 0 aliphatic heterocycles. The number of hydrogen-bond donors (Lipinski definition) is 1. The molecule has 1 amide bonds. The van der Waals surface area contributed by atoms with Crippen LogP contribution in [0.5, 0.6) is 0 Å². The van der Waals surface area contributed by atoms with Gasteiger partial charge in [0.2, 0.25) is 5.91 Å². The molecule has 3 nitrogen and oxygen atoms in total. The molecule has 1 atom stereocenters. The maximum atomic E-state index is 11.8. The molecule has 2 N–H and O–H groups in total. The average molecular weight is 234 g/mol. The Morgan fingerprint density at radius 3 is 2.57 bits per heavy atom. The second-order valence-electron chi connectivity index (χ2n) is 3.12. The van der Waals surface area contributed by atoms with Crippen LogP contribution in [-0.4, -0.2) is 41.4 Å². The van der Waals surface area contributed by atoms with Crippen molar-refractivity contribution in [2.75, 3.05) is 25.6 Å². The highest BCUT2D eigenvalue weighted by Gasteiger charge is 2.22. The number of amides is 1. The summed E-state index contributed by atoms with van der Waals surface area (Å²) in [5.41, 5.74) is 5.49. The van der Waals surface area contributed by atoms with Crippen LogP contribution in [0.15, 0.2) is 0 Å². The number of nitrogens with two attached hydrogens (primary N) is 1. The van der Waals surface area contributed by atoms with Gasteiger partial charge in [-0.25, -0.2) is 0 Å². The highest BCUT2D eigenvalue weighted by atomic mass is 32.2. The molecule has 0 heterocycles. The summed E-state index contributed by atoms with van der Waals surface area (Å²) >= 11 is 6.57. The molecule has 5 heteroatoms. The number of hydrogen-bond acceptors (Lipinski definition) is 3. The lowest BCUT2D eigenvalue weighted by Crippen LogP contribution is -2.39. The minimum absolute atomic E-state index is 0.0362. The van der Waals surface area contributed by atoms with E-state index in [1.54, 1.807) is 23.7 Å². The third-order valence-corrected chi connectivity index (χ3v) is 2.93. The molecule has 0 aromatic heterocycles. The molecule has 0 radical (unpaired) electrons. The Kier molecular flexibility index (Phi) is 6.92. The Labute approximate surface area is 95.4 Å². The third kappa shape index (κ3) is 4.28. The molecule has 1 unspecified atom stereocenters. The molecular weight excluding hydrogens is 216 g/mol. The van der Waals surface area contributed by atoms with Gasteiger partial charge in [0.05, 0.1) is 10.9 Å². The first-order chi connectivity index (χ1) is 6.54. The molecule has 0 bridgehead atoms. The zero-order valence-electron chi connectivity index (χ0n) is 8.95. The van der Waals surface area contributed by atoms with Gasteiger partial charge in [0.1, 0.15) is 0 Å². The monoisotopic (exact) mass is 234 g/mol. The number of thiocarbonyl (C=S) groups is 1. The van der Waals surface area contributed by atoms with Gasteiger partial charge < -0.3 is 10.6 Å². The van der Waals surface area contributed by atoms with Crippen LogP contribution in [0.4, 0.5) is 0 Å². The summed E-state index contributed by atoms with van der Waals surface area (Å²) < 4.78 is 0. The molecule has 0 aromatic rings. The summed E-state index contributed by atoms with van der Waals surface area (Å²) in [5, 5.41) is 0. The van der Waals surface area contributed by atoms with Crippen molar-refractivity contribution < 1.29 is 4.79 Å². The lowest BCUT2D eigenvalue weighted by Gasteiger charge is -2.21. The fourth-order valence-electron chi connectivity index (χ4n) is 1.10. The summed E-state index contributed by atoms with van der Waals surface area (Å²) in [6, 6.07) is 0. The molecule has 0 aliphatic rings. The largest absolute Gasteiger partial charge is 0.393 e. The Bertz CT molecular complexity index is 209. The van der Waals surface area contributed by atoms with E-state index in [0.717, 1.165) is 12.3 Å². The predicted molar refractivity (Wildman–Crippen MR) is 66.6 cm³/mol. The van der Waals surface area contributed by atoms with Gasteiger partial charge in [0.25, 0.3) is 0 Å². The first-order valence-electron chi connectivity index (χ1n) is 4.57. The third-order valence-electron chi connectivity index (χ3n) is 2.06. The van der Waals surface area contributed by atoms with Crippen molar-refractivity contribution >= 4 is 34.9 Å². The van der Waals surface area contributed by atoms with Crippen molar-refractivity contribution in [1.29, 1.82) is 0 Å². The number of carbonyl (C=O) groups is 1. The molecule has 0 saturated heterocycles. The highest BCUT2D eigenvalue weighted by Crippen LogP contribution is 2.07.